The highest BCUT2D eigenvalue weighted by Gasteiger charge is 2.27. The van der Waals surface area contributed by atoms with Gasteiger partial charge in [0.15, 0.2) is 11.7 Å². The fourth-order valence-electron chi connectivity index (χ4n) is 4.00. The standard InChI is InChI=1S/C22H18N6O2S/c23-9-16(19(29)14-7-5-13(6-8-14)10-28-12-24-11-25-28)20-26-21(30)18-15-3-1-2-4-17(15)31-22(18)27-20/h5-8,11-12,16H,1-4,10H2,(H,26,27,30). The molecule has 0 fully saturated rings. The smallest absolute Gasteiger partial charge is 0.259 e. The number of benzene rings is 1. The van der Waals surface area contributed by atoms with Crippen LogP contribution >= 0.6 is 11.3 Å². The minimum absolute atomic E-state index is 0.107. The van der Waals surface area contributed by atoms with Crippen LogP contribution in [-0.2, 0) is 19.4 Å². The van der Waals surface area contributed by atoms with Crippen molar-refractivity contribution in [3.63, 3.8) is 0 Å². The molecule has 0 spiro atoms. The summed E-state index contributed by atoms with van der Waals surface area (Å²) in [6, 6.07) is 9.01. The Morgan fingerprint density at radius 2 is 2.06 bits per heavy atom. The van der Waals surface area contributed by atoms with Crippen LogP contribution in [0.25, 0.3) is 10.2 Å². The van der Waals surface area contributed by atoms with Gasteiger partial charge in [0, 0.05) is 10.4 Å². The predicted octanol–water partition coefficient (Wildman–Crippen LogP) is 2.99. The largest absolute Gasteiger partial charge is 0.308 e. The maximum atomic E-state index is 13.0. The van der Waals surface area contributed by atoms with Crippen molar-refractivity contribution in [2.45, 2.75) is 38.1 Å². The van der Waals surface area contributed by atoms with Crippen molar-refractivity contribution in [2.24, 2.45) is 0 Å². The molecule has 1 atom stereocenters. The van der Waals surface area contributed by atoms with E-state index in [2.05, 4.69) is 20.1 Å². The van der Waals surface area contributed by atoms with Gasteiger partial charge in [0.05, 0.1) is 18.0 Å². The second-order valence-corrected chi connectivity index (χ2v) is 8.64. The van der Waals surface area contributed by atoms with Crippen LogP contribution in [0, 0.1) is 11.3 Å². The number of aryl methyl sites for hydroxylation is 2. The average molecular weight is 430 g/mol. The van der Waals surface area contributed by atoms with Crippen LogP contribution in [0.15, 0.2) is 41.7 Å². The maximum Gasteiger partial charge on any atom is 0.259 e. The number of thiophene rings is 1. The van der Waals surface area contributed by atoms with E-state index in [1.165, 1.54) is 22.5 Å². The Labute approximate surface area is 181 Å². The van der Waals surface area contributed by atoms with E-state index >= 15 is 0 Å². The zero-order chi connectivity index (χ0) is 21.4. The first-order valence-electron chi connectivity index (χ1n) is 10.0. The molecule has 3 heterocycles. The highest BCUT2D eigenvalue weighted by Crippen LogP contribution is 2.34. The van der Waals surface area contributed by atoms with Crippen molar-refractivity contribution < 1.29 is 4.79 Å². The van der Waals surface area contributed by atoms with E-state index in [4.69, 9.17) is 0 Å². The van der Waals surface area contributed by atoms with E-state index in [0.717, 1.165) is 36.8 Å². The summed E-state index contributed by atoms with van der Waals surface area (Å²) in [6.07, 6.45) is 7.08. The molecule has 154 valence electrons. The van der Waals surface area contributed by atoms with Gasteiger partial charge in [0.1, 0.15) is 23.3 Å². The molecule has 0 saturated carbocycles. The maximum absolute atomic E-state index is 13.0. The number of carbonyl (C=O) groups is 1. The van der Waals surface area contributed by atoms with Gasteiger partial charge in [-0.3, -0.25) is 9.59 Å². The molecule has 9 heteroatoms. The van der Waals surface area contributed by atoms with E-state index in [9.17, 15) is 14.9 Å². The number of H-pyrrole nitrogens is 1. The molecule has 4 aromatic rings. The summed E-state index contributed by atoms with van der Waals surface area (Å²) in [6.45, 7) is 0.532. The molecule has 0 radical (unpaired) electrons. The summed E-state index contributed by atoms with van der Waals surface area (Å²) in [5, 5.41) is 14.4. The zero-order valence-electron chi connectivity index (χ0n) is 16.5. The van der Waals surface area contributed by atoms with E-state index in [1.54, 1.807) is 23.1 Å². The normalized spacial score (nSPS) is 14.2. The van der Waals surface area contributed by atoms with Crippen LogP contribution in [0.1, 0.15) is 50.9 Å². The van der Waals surface area contributed by atoms with Crippen molar-refractivity contribution in [1.29, 1.82) is 5.26 Å². The van der Waals surface area contributed by atoms with Gasteiger partial charge >= 0.3 is 0 Å². The number of aromatic nitrogens is 5. The first kappa shape index (κ1) is 19.3. The molecule has 0 saturated heterocycles. The minimum Gasteiger partial charge on any atom is -0.308 e. The van der Waals surface area contributed by atoms with Crippen LogP contribution in [0.5, 0.6) is 0 Å². The SMILES string of the molecule is N#CC(C(=O)c1ccc(Cn2cncn2)cc1)c1nc2sc3c(c2c(=O)[nH]1)CCCC3. The lowest BCUT2D eigenvalue weighted by Gasteiger charge is -2.10. The Kier molecular flexibility index (Phi) is 4.92. The number of hydrogen-bond acceptors (Lipinski definition) is 7. The van der Waals surface area contributed by atoms with Crippen LogP contribution < -0.4 is 5.56 Å². The topological polar surface area (TPSA) is 117 Å². The summed E-state index contributed by atoms with van der Waals surface area (Å²) in [7, 11) is 0. The third kappa shape index (κ3) is 3.55. The summed E-state index contributed by atoms with van der Waals surface area (Å²) in [5.41, 5.74) is 2.15. The zero-order valence-corrected chi connectivity index (χ0v) is 17.4. The van der Waals surface area contributed by atoms with Crippen LogP contribution in [0.2, 0.25) is 0 Å². The first-order chi connectivity index (χ1) is 15.1. The number of hydrogen-bond donors (Lipinski definition) is 1. The molecule has 0 aliphatic heterocycles. The van der Waals surface area contributed by atoms with Crippen LogP contribution in [0.4, 0.5) is 0 Å². The van der Waals surface area contributed by atoms with Crippen molar-refractivity contribution in [3.8, 4) is 6.07 Å². The number of aromatic amines is 1. The highest BCUT2D eigenvalue weighted by molar-refractivity contribution is 7.18. The lowest BCUT2D eigenvalue weighted by atomic mass is 9.96. The third-order valence-corrected chi connectivity index (χ3v) is 6.74. The lowest BCUT2D eigenvalue weighted by Crippen LogP contribution is -2.20. The Bertz CT molecular complexity index is 1360. The van der Waals surface area contributed by atoms with Gasteiger partial charge in [-0.1, -0.05) is 24.3 Å². The van der Waals surface area contributed by atoms with Crippen LogP contribution in [-0.4, -0.2) is 30.5 Å². The van der Waals surface area contributed by atoms with Gasteiger partial charge in [-0.25, -0.2) is 14.6 Å². The molecule has 0 bridgehead atoms. The molecule has 31 heavy (non-hydrogen) atoms. The second kappa shape index (κ2) is 7.89. The number of nitrogens with zero attached hydrogens (tertiary/aromatic N) is 5. The molecule has 8 nitrogen and oxygen atoms in total. The molecule has 3 aromatic heterocycles. The molecular weight excluding hydrogens is 412 g/mol. The number of nitriles is 1. The molecule has 1 aliphatic carbocycles. The van der Waals surface area contributed by atoms with Gasteiger partial charge in [-0.05, 0) is 36.8 Å². The van der Waals surface area contributed by atoms with Gasteiger partial charge in [0.25, 0.3) is 5.56 Å². The fourth-order valence-corrected chi connectivity index (χ4v) is 5.27. The molecule has 1 N–H and O–H groups in total. The first-order valence-corrected chi connectivity index (χ1v) is 10.9. The van der Waals surface area contributed by atoms with E-state index in [1.807, 2.05) is 18.2 Å². The number of nitrogens with one attached hydrogen (secondary N) is 1. The number of Topliss-reactive ketones (excluding diaryl/α,β-unsaturated/α-hetero) is 1. The Balaban J connectivity index is 1.45. The minimum atomic E-state index is -1.17. The molecule has 5 rings (SSSR count). The third-order valence-electron chi connectivity index (χ3n) is 5.56. The van der Waals surface area contributed by atoms with Gasteiger partial charge in [0.2, 0.25) is 0 Å². The Hall–Kier alpha value is -3.64. The van der Waals surface area contributed by atoms with E-state index in [0.29, 0.717) is 22.3 Å². The average Bonchev–Trinajstić information content (AvgIpc) is 3.42. The van der Waals surface area contributed by atoms with Crippen LogP contribution in [0.3, 0.4) is 0 Å². The highest BCUT2D eigenvalue weighted by atomic mass is 32.1. The number of rotatable bonds is 5. The summed E-state index contributed by atoms with van der Waals surface area (Å²) >= 11 is 1.50. The molecule has 0 amide bonds. The molecular formula is C22H18N6O2S. The number of ketones is 1. The van der Waals surface area contributed by atoms with E-state index in [-0.39, 0.29) is 11.4 Å². The summed E-state index contributed by atoms with van der Waals surface area (Å²) < 4.78 is 1.68. The molecule has 1 aliphatic rings. The lowest BCUT2D eigenvalue weighted by molar-refractivity contribution is 0.0976. The fraction of sp³-hybridized carbons (Fsp3) is 0.273. The number of fused-ring (bicyclic) bond motifs is 3. The van der Waals surface area contributed by atoms with Crippen molar-refractivity contribution in [2.75, 3.05) is 0 Å². The summed E-state index contributed by atoms with van der Waals surface area (Å²) in [5.74, 6) is -1.45. The van der Waals surface area contributed by atoms with Gasteiger partial charge in [-0.2, -0.15) is 10.4 Å². The Morgan fingerprint density at radius 1 is 1.26 bits per heavy atom. The monoisotopic (exact) mass is 430 g/mol. The quantitative estimate of drug-likeness (QED) is 0.487. The second-order valence-electron chi connectivity index (χ2n) is 7.56. The Morgan fingerprint density at radius 3 is 2.81 bits per heavy atom. The van der Waals surface area contributed by atoms with Crippen molar-refractivity contribution in [3.05, 3.63) is 74.7 Å². The van der Waals surface area contributed by atoms with Crippen molar-refractivity contribution >= 4 is 27.3 Å². The summed E-state index contributed by atoms with van der Waals surface area (Å²) in [4.78, 5) is 38.8. The predicted molar refractivity (Wildman–Crippen MR) is 115 cm³/mol. The number of carbonyl (C=O) groups excluding carboxylic acids is 1. The van der Waals surface area contributed by atoms with Gasteiger partial charge < -0.3 is 4.98 Å². The van der Waals surface area contributed by atoms with Gasteiger partial charge in [-0.15, -0.1) is 11.3 Å². The molecule has 1 aromatic carbocycles. The molecule has 1 unspecified atom stereocenters. The van der Waals surface area contributed by atoms with Crippen molar-refractivity contribution in [1.82, 2.24) is 24.7 Å². The van der Waals surface area contributed by atoms with E-state index < -0.39 is 11.7 Å².